The summed E-state index contributed by atoms with van der Waals surface area (Å²) in [6, 6.07) is 0. The molecule has 0 bridgehead atoms. The van der Waals surface area contributed by atoms with Crippen LogP contribution in [0.5, 0.6) is 0 Å². The number of allylic oxidation sites excluding steroid dienone is 4. The molecule has 1 aliphatic rings. The van der Waals surface area contributed by atoms with Gasteiger partial charge in [0.2, 0.25) is 0 Å². The average Bonchev–Trinajstić information content (AvgIpc) is 3.00. The zero-order valence-corrected chi connectivity index (χ0v) is 16.5. The molecule has 0 amide bonds. The van der Waals surface area contributed by atoms with Crippen molar-refractivity contribution in [3.05, 3.63) is 24.3 Å². The Balaban J connectivity index is 1.87. The summed E-state index contributed by atoms with van der Waals surface area (Å²) in [5.41, 5.74) is -0.396. The molecule has 1 unspecified atom stereocenters. The minimum absolute atomic E-state index is 0.0681. The highest BCUT2D eigenvalue weighted by Crippen LogP contribution is 2.20. The van der Waals surface area contributed by atoms with Gasteiger partial charge in [-0.3, -0.25) is 0 Å². The van der Waals surface area contributed by atoms with Gasteiger partial charge in [-0.15, -0.1) is 0 Å². The minimum atomic E-state index is -0.396. The topological polar surface area (TPSA) is 41.8 Å². The summed E-state index contributed by atoms with van der Waals surface area (Å²) in [5.74, 6) is 0.835. The monoisotopic (exact) mass is 349 g/mol. The van der Waals surface area contributed by atoms with Crippen molar-refractivity contribution in [2.75, 3.05) is 13.2 Å². The SMILES string of the molecule is CCCCC/C=C/C/C=C/CCCCCCCC1=NC(C)(CO)CO1. The number of aliphatic hydroxyl groups excluding tert-OH is 1. The third kappa shape index (κ3) is 11.2. The van der Waals surface area contributed by atoms with E-state index in [0.29, 0.717) is 6.61 Å². The third-order valence-electron chi connectivity index (χ3n) is 4.63. The maximum atomic E-state index is 9.25. The second kappa shape index (κ2) is 14.1. The molecule has 0 aromatic heterocycles. The molecule has 0 aromatic rings. The van der Waals surface area contributed by atoms with Gasteiger partial charge in [0.1, 0.15) is 12.1 Å². The van der Waals surface area contributed by atoms with Crippen molar-refractivity contribution < 1.29 is 9.84 Å². The van der Waals surface area contributed by atoms with Gasteiger partial charge in [-0.05, 0) is 45.4 Å². The summed E-state index contributed by atoms with van der Waals surface area (Å²) < 4.78 is 5.55. The largest absolute Gasteiger partial charge is 0.478 e. The summed E-state index contributed by atoms with van der Waals surface area (Å²) in [6.07, 6.45) is 23.9. The van der Waals surface area contributed by atoms with Gasteiger partial charge in [-0.25, -0.2) is 4.99 Å². The highest BCUT2D eigenvalue weighted by Gasteiger charge is 2.30. The molecule has 1 heterocycles. The van der Waals surface area contributed by atoms with Crippen molar-refractivity contribution in [2.24, 2.45) is 4.99 Å². The second-order valence-electron chi connectivity index (χ2n) is 7.43. The van der Waals surface area contributed by atoms with Gasteiger partial charge in [0.15, 0.2) is 5.90 Å². The Kier molecular flexibility index (Phi) is 12.4. The van der Waals surface area contributed by atoms with Crippen LogP contribution in [0.4, 0.5) is 0 Å². The molecule has 0 aromatic carbocycles. The van der Waals surface area contributed by atoms with Gasteiger partial charge in [-0.2, -0.15) is 0 Å². The fourth-order valence-electron chi connectivity index (χ4n) is 2.90. The van der Waals surface area contributed by atoms with Crippen LogP contribution in [-0.4, -0.2) is 29.8 Å². The van der Waals surface area contributed by atoms with Crippen LogP contribution in [0.3, 0.4) is 0 Å². The number of hydrogen-bond acceptors (Lipinski definition) is 3. The molecular weight excluding hydrogens is 310 g/mol. The van der Waals surface area contributed by atoms with Gasteiger partial charge >= 0.3 is 0 Å². The van der Waals surface area contributed by atoms with E-state index in [-0.39, 0.29) is 6.61 Å². The van der Waals surface area contributed by atoms with Crippen molar-refractivity contribution in [1.82, 2.24) is 0 Å². The van der Waals surface area contributed by atoms with Crippen molar-refractivity contribution in [3.63, 3.8) is 0 Å². The summed E-state index contributed by atoms with van der Waals surface area (Å²) >= 11 is 0. The van der Waals surface area contributed by atoms with E-state index in [1.54, 1.807) is 0 Å². The first-order chi connectivity index (χ1) is 12.2. The lowest BCUT2D eigenvalue weighted by Gasteiger charge is -2.12. The molecule has 1 aliphatic heterocycles. The molecule has 1 rings (SSSR count). The van der Waals surface area contributed by atoms with Gasteiger partial charge in [0.25, 0.3) is 0 Å². The Bertz CT molecular complexity index is 414. The van der Waals surface area contributed by atoms with Crippen LogP contribution in [0, 0.1) is 0 Å². The summed E-state index contributed by atoms with van der Waals surface area (Å²) in [4.78, 5) is 4.47. The van der Waals surface area contributed by atoms with E-state index in [2.05, 4.69) is 36.2 Å². The first-order valence-corrected chi connectivity index (χ1v) is 10.3. The number of hydrogen-bond donors (Lipinski definition) is 1. The van der Waals surface area contributed by atoms with Crippen LogP contribution < -0.4 is 0 Å². The number of unbranched alkanes of at least 4 members (excludes halogenated alkanes) is 8. The van der Waals surface area contributed by atoms with Gasteiger partial charge in [0.05, 0.1) is 6.61 Å². The van der Waals surface area contributed by atoms with Crippen LogP contribution >= 0.6 is 0 Å². The molecule has 3 nitrogen and oxygen atoms in total. The number of aliphatic hydroxyl groups is 1. The van der Waals surface area contributed by atoms with E-state index < -0.39 is 5.54 Å². The zero-order chi connectivity index (χ0) is 18.2. The Hall–Kier alpha value is -1.09. The minimum Gasteiger partial charge on any atom is -0.478 e. The van der Waals surface area contributed by atoms with Crippen LogP contribution in [0.25, 0.3) is 0 Å². The van der Waals surface area contributed by atoms with E-state index in [1.807, 2.05) is 6.92 Å². The first kappa shape index (κ1) is 22.0. The van der Waals surface area contributed by atoms with E-state index in [9.17, 15) is 5.11 Å². The Morgan fingerprint density at radius 3 is 2.24 bits per heavy atom. The Morgan fingerprint density at radius 1 is 0.960 bits per heavy atom. The van der Waals surface area contributed by atoms with Crippen LogP contribution in [0.1, 0.15) is 90.9 Å². The molecule has 1 atom stereocenters. The molecule has 0 saturated carbocycles. The Morgan fingerprint density at radius 2 is 1.60 bits per heavy atom. The Labute approximate surface area is 155 Å². The first-order valence-electron chi connectivity index (χ1n) is 10.3. The van der Waals surface area contributed by atoms with E-state index in [4.69, 9.17) is 4.74 Å². The van der Waals surface area contributed by atoms with Crippen molar-refractivity contribution in [2.45, 2.75) is 96.4 Å². The van der Waals surface area contributed by atoms with Crippen molar-refractivity contribution >= 4 is 5.90 Å². The fourth-order valence-corrected chi connectivity index (χ4v) is 2.90. The maximum Gasteiger partial charge on any atom is 0.184 e. The summed E-state index contributed by atoms with van der Waals surface area (Å²) in [5, 5.41) is 9.25. The molecule has 0 saturated heterocycles. The molecule has 144 valence electrons. The lowest BCUT2D eigenvalue weighted by molar-refractivity contribution is 0.169. The lowest BCUT2D eigenvalue weighted by Crippen LogP contribution is -2.28. The third-order valence-corrected chi connectivity index (χ3v) is 4.63. The predicted molar refractivity (Wildman–Crippen MR) is 108 cm³/mol. The molecule has 25 heavy (non-hydrogen) atoms. The van der Waals surface area contributed by atoms with Crippen molar-refractivity contribution in [3.8, 4) is 0 Å². The normalized spacial score (nSPS) is 20.5. The quantitative estimate of drug-likeness (QED) is 0.292. The van der Waals surface area contributed by atoms with Crippen LogP contribution in [-0.2, 0) is 4.74 Å². The van der Waals surface area contributed by atoms with Gasteiger partial charge < -0.3 is 9.84 Å². The molecule has 0 aliphatic carbocycles. The summed E-state index contributed by atoms with van der Waals surface area (Å²) in [6.45, 7) is 4.78. The van der Waals surface area contributed by atoms with E-state index >= 15 is 0 Å². The molecule has 1 N–H and O–H groups in total. The highest BCUT2D eigenvalue weighted by molar-refractivity contribution is 5.78. The van der Waals surface area contributed by atoms with Gasteiger partial charge in [0, 0.05) is 6.42 Å². The molecule has 3 heteroatoms. The molecule has 0 spiro atoms. The fraction of sp³-hybridized carbons (Fsp3) is 0.773. The zero-order valence-electron chi connectivity index (χ0n) is 16.5. The van der Waals surface area contributed by atoms with Crippen LogP contribution in [0.2, 0.25) is 0 Å². The van der Waals surface area contributed by atoms with Crippen LogP contribution in [0.15, 0.2) is 29.3 Å². The molecule has 0 radical (unpaired) electrons. The number of rotatable bonds is 15. The second-order valence-corrected chi connectivity index (χ2v) is 7.43. The van der Waals surface area contributed by atoms with E-state index in [1.165, 1.54) is 57.8 Å². The molecular formula is C22H39NO2. The lowest BCUT2D eigenvalue weighted by atomic mass is 10.1. The summed E-state index contributed by atoms with van der Waals surface area (Å²) in [7, 11) is 0. The van der Waals surface area contributed by atoms with Crippen molar-refractivity contribution in [1.29, 1.82) is 0 Å². The predicted octanol–water partition coefficient (Wildman–Crippen LogP) is 5.98. The standard InChI is InChI=1S/C22H39NO2/c1-3-4-5-6-7-8-9-10-11-12-13-14-15-16-17-18-21-23-22(2,19-24)20-25-21/h7-8,10-11,24H,3-6,9,12-20H2,1-2H3/b8-7+,11-10+. The average molecular weight is 350 g/mol. The molecule has 0 fully saturated rings. The maximum absolute atomic E-state index is 9.25. The van der Waals surface area contributed by atoms with E-state index in [0.717, 1.165) is 25.2 Å². The van der Waals surface area contributed by atoms with Gasteiger partial charge in [-0.1, -0.05) is 63.3 Å². The number of nitrogens with zero attached hydrogens (tertiary/aromatic N) is 1. The smallest absolute Gasteiger partial charge is 0.184 e. The number of aliphatic imine (C=N–C) groups is 1. The highest BCUT2D eigenvalue weighted by atomic mass is 16.5. The number of ether oxygens (including phenoxy) is 1.